The lowest BCUT2D eigenvalue weighted by atomic mass is 10.0. The number of rotatable bonds is 7. The molecular formula is C30H26F6N4O3S. The second-order valence-corrected chi connectivity index (χ2v) is 11.0. The fraction of sp³-hybridized carbons (Fsp3) is 0.300. The molecule has 0 unspecified atom stereocenters. The third kappa shape index (κ3) is 7.53. The number of carbonyl (C=O) groups excluding carboxylic acids is 1. The van der Waals surface area contributed by atoms with E-state index >= 15 is 0 Å². The molecule has 0 atom stereocenters. The molecule has 5 rings (SSSR count). The molecule has 2 aliphatic rings. The predicted molar refractivity (Wildman–Crippen MR) is 153 cm³/mol. The van der Waals surface area contributed by atoms with E-state index < -0.39 is 35.6 Å². The van der Waals surface area contributed by atoms with E-state index in [1.54, 1.807) is 24.4 Å². The van der Waals surface area contributed by atoms with Crippen molar-refractivity contribution < 1.29 is 40.6 Å². The number of piperazine rings is 1. The minimum absolute atomic E-state index is 0.0696. The molecule has 232 valence electrons. The number of halogens is 6. The summed E-state index contributed by atoms with van der Waals surface area (Å²) in [6.07, 6.45) is -4.73. The number of hydrogen-bond donors (Lipinski definition) is 0. The van der Waals surface area contributed by atoms with E-state index in [0.29, 0.717) is 34.8 Å². The zero-order valence-electron chi connectivity index (χ0n) is 23.3. The molecular weight excluding hydrogens is 610 g/mol. The Morgan fingerprint density at radius 2 is 1.73 bits per heavy atom. The molecule has 1 amide bonds. The van der Waals surface area contributed by atoms with Crippen molar-refractivity contribution in [3.8, 4) is 11.5 Å². The van der Waals surface area contributed by atoms with Crippen LogP contribution >= 0.6 is 11.8 Å². The number of ether oxygens (including phenoxy) is 2. The molecule has 14 heteroatoms. The van der Waals surface area contributed by atoms with Crippen molar-refractivity contribution in [2.45, 2.75) is 25.5 Å². The molecule has 2 aliphatic heterocycles. The van der Waals surface area contributed by atoms with Crippen LogP contribution in [0.4, 0.5) is 26.3 Å². The normalized spacial score (nSPS) is 17.2. The number of aromatic nitrogens is 1. The van der Waals surface area contributed by atoms with Gasteiger partial charge in [-0.05, 0) is 59.3 Å². The molecule has 0 bridgehead atoms. The van der Waals surface area contributed by atoms with Gasteiger partial charge in [-0.15, -0.1) is 0 Å². The number of aliphatic imine (C=N–C) groups is 1. The fourth-order valence-corrected chi connectivity index (χ4v) is 5.69. The molecule has 0 radical (unpaired) electrons. The molecule has 1 fully saturated rings. The van der Waals surface area contributed by atoms with Crippen molar-refractivity contribution in [3.63, 3.8) is 0 Å². The van der Waals surface area contributed by atoms with Gasteiger partial charge in [0.15, 0.2) is 16.7 Å². The number of amides is 1. The van der Waals surface area contributed by atoms with E-state index in [0.717, 1.165) is 31.3 Å². The Hall–Kier alpha value is -4.04. The van der Waals surface area contributed by atoms with E-state index in [4.69, 9.17) is 9.47 Å². The average Bonchev–Trinajstić information content (AvgIpc) is 3.35. The molecule has 1 saturated heterocycles. The van der Waals surface area contributed by atoms with Gasteiger partial charge in [-0.25, -0.2) is 0 Å². The van der Waals surface area contributed by atoms with E-state index in [1.165, 1.54) is 24.9 Å². The number of nitrogens with zero attached hydrogens (tertiary/aromatic N) is 4. The molecule has 3 heterocycles. The van der Waals surface area contributed by atoms with Gasteiger partial charge in [-0.2, -0.15) is 31.3 Å². The van der Waals surface area contributed by atoms with Gasteiger partial charge in [0, 0.05) is 50.7 Å². The second kappa shape index (κ2) is 12.9. The standard InChI is InChI=1S/C30H26F6N4O3S/c1-42-25-13-19(4-7-24(25)43-18-21-5-6-22(29(31,32)33)15-23(21)30(34,35)36)14-26-27(41)38-28(44-26)40-11-9-39(10-12-40)17-20-3-2-8-37-16-20/h2-8,13-16H,9-12,17-18H2,1H3/b26-14+. The highest BCUT2D eigenvalue weighted by Gasteiger charge is 2.38. The summed E-state index contributed by atoms with van der Waals surface area (Å²) >= 11 is 1.26. The van der Waals surface area contributed by atoms with Crippen molar-refractivity contribution in [2.75, 3.05) is 33.3 Å². The predicted octanol–water partition coefficient (Wildman–Crippen LogP) is 6.49. The summed E-state index contributed by atoms with van der Waals surface area (Å²) in [7, 11) is 1.34. The van der Waals surface area contributed by atoms with Gasteiger partial charge in [0.1, 0.15) is 6.61 Å². The molecule has 2 aromatic carbocycles. The molecule has 0 spiro atoms. The van der Waals surface area contributed by atoms with Crippen LogP contribution in [0.1, 0.15) is 27.8 Å². The van der Waals surface area contributed by atoms with Crippen molar-refractivity contribution in [2.24, 2.45) is 4.99 Å². The summed E-state index contributed by atoms with van der Waals surface area (Å²) in [5.74, 6) is -0.139. The minimum Gasteiger partial charge on any atom is -0.493 e. The monoisotopic (exact) mass is 636 g/mol. The Kier molecular flexibility index (Phi) is 9.20. The number of hydrogen-bond acceptors (Lipinski definition) is 7. The fourth-order valence-electron chi connectivity index (χ4n) is 4.72. The number of methoxy groups -OCH3 is 1. The molecule has 0 aliphatic carbocycles. The largest absolute Gasteiger partial charge is 0.493 e. The highest BCUT2D eigenvalue weighted by Crippen LogP contribution is 2.39. The molecule has 7 nitrogen and oxygen atoms in total. The lowest BCUT2D eigenvalue weighted by molar-refractivity contribution is -0.143. The average molecular weight is 637 g/mol. The highest BCUT2D eigenvalue weighted by atomic mass is 32.2. The molecule has 1 aromatic heterocycles. The van der Waals surface area contributed by atoms with E-state index in [-0.39, 0.29) is 23.5 Å². The smallest absolute Gasteiger partial charge is 0.416 e. The number of amidine groups is 1. The van der Waals surface area contributed by atoms with Gasteiger partial charge in [0.2, 0.25) is 0 Å². The first-order valence-corrected chi connectivity index (χ1v) is 14.2. The Balaban J connectivity index is 1.22. The Labute approximate surface area is 253 Å². The van der Waals surface area contributed by atoms with Crippen LogP contribution in [0.3, 0.4) is 0 Å². The van der Waals surface area contributed by atoms with Gasteiger partial charge in [-0.1, -0.05) is 18.2 Å². The number of carbonyl (C=O) groups is 1. The Morgan fingerprint density at radius 1 is 0.955 bits per heavy atom. The Morgan fingerprint density at radius 3 is 2.39 bits per heavy atom. The summed E-state index contributed by atoms with van der Waals surface area (Å²) in [5.41, 5.74) is -1.61. The van der Waals surface area contributed by atoms with Crippen LogP contribution in [-0.2, 0) is 30.3 Å². The van der Waals surface area contributed by atoms with Crippen LogP contribution in [0.25, 0.3) is 6.08 Å². The number of pyridine rings is 1. The van der Waals surface area contributed by atoms with Crippen LogP contribution in [0, 0.1) is 0 Å². The summed E-state index contributed by atoms with van der Waals surface area (Å²) in [4.78, 5) is 25.8. The number of benzene rings is 2. The number of thioether (sulfide) groups is 1. The van der Waals surface area contributed by atoms with Gasteiger partial charge in [0.05, 0.1) is 23.1 Å². The van der Waals surface area contributed by atoms with Crippen molar-refractivity contribution >= 4 is 28.9 Å². The lowest BCUT2D eigenvalue weighted by Crippen LogP contribution is -2.47. The van der Waals surface area contributed by atoms with E-state index in [9.17, 15) is 31.1 Å². The topological polar surface area (TPSA) is 67.3 Å². The minimum atomic E-state index is -5.01. The maximum atomic E-state index is 13.5. The van der Waals surface area contributed by atoms with Crippen molar-refractivity contribution in [1.29, 1.82) is 0 Å². The van der Waals surface area contributed by atoms with Crippen LogP contribution < -0.4 is 9.47 Å². The summed E-state index contributed by atoms with van der Waals surface area (Å²) in [6, 6.07) is 9.92. The van der Waals surface area contributed by atoms with Gasteiger partial charge in [0.25, 0.3) is 5.91 Å². The van der Waals surface area contributed by atoms with Crippen molar-refractivity contribution in [1.82, 2.24) is 14.8 Å². The zero-order chi connectivity index (χ0) is 31.5. The highest BCUT2D eigenvalue weighted by molar-refractivity contribution is 8.18. The van der Waals surface area contributed by atoms with Crippen LogP contribution in [0.15, 0.2) is 70.8 Å². The van der Waals surface area contributed by atoms with Gasteiger partial charge in [-0.3, -0.25) is 14.7 Å². The molecule has 0 saturated carbocycles. The first kappa shape index (κ1) is 31.4. The summed E-state index contributed by atoms with van der Waals surface area (Å²) in [6.45, 7) is 3.17. The first-order valence-electron chi connectivity index (χ1n) is 13.4. The van der Waals surface area contributed by atoms with Gasteiger partial charge < -0.3 is 14.4 Å². The summed E-state index contributed by atoms with van der Waals surface area (Å²) in [5, 5.41) is 0.617. The molecule has 44 heavy (non-hydrogen) atoms. The third-order valence-corrected chi connectivity index (χ3v) is 8.04. The maximum Gasteiger partial charge on any atom is 0.416 e. The van der Waals surface area contributed by atoms with Gasteiger partial charge >= 0.3 is 12.4 Å². The Bertz CT molecular complexity index is 1570. The zero-order valence-corrected chi connectivity index (χ0v) is 24.1. The SMILES string of the molecule is COc1cc(/C=C2/SC(N3CCN(Cc4cccnc4)CC3)=NC2=O)ccc1OCc1ccc(C(F)(F)F)cc1C(F)(F)F. The second-order valence-electron chi connectivity index (χ2n) is 10.0. The quantitative estimate of drug-likeness (QED) is 0.217. The van der Waals surface area contributed by atoms with Crippen LogP contribution in [0.2, 0.25) is 0 Å². The van der Waals surface area contributed by atoms with E-state index in [2.05, 4.69) is 19.8 Å². The molecule has 3 aromatic rings. The third-order valence-electron chi connectivity index (χ3n) is 6.99. The van der Waals surface area contributed by atoms with E-state index in [1.807, 2.05) is 18.3 Å². The lowest BCUT2D eigenvalue weighted by Gasteiger charge is -2.35. The first-order chi connectivity index (χ1) is 20.9. The van der Waals surface area contributed by atoms with Crippen molar-refractivity contribution in [3.05, 3.63) is 93.6 Å². The summed E-state index contributed by atoms with van der Waals surface area (Å²) < 4.78 is 90.4. The number of alkyl halides is 6. The van der Waals surface area contributed by atoms with Crippen LogP contribution in [-0.4, -0.2) is 59.1 Å². The van der Waals surface area contributed by atoms with Crippen LogP contribution in [0.5, 0.6) is 11.5 Å². The maximum absolute atomic E-state index is 13.5. The molecule has 0 N–H and O–H groups in total.